The third-order valence-corrected chi connectivity index (χ3v) is 5.28. The van der Waals surface area contributed by atoms with Crippen LogP contribution < -0.4 is 10.0 Å². The zero-order valence-corrected chi connectivity index (χ0v) is 13.5. The molecule has 0 radical (unpaired) electrons. The van der Waals surface area contributed by atoms with Gasteiger partial charge < -0.3 is 9.88 Å². The molecule has 1 aromatic rings. The molecule has 20 heavy (non-hydrogen) atoms. The maximum absolute atomic E-state index is 12.3. The topological polar surface area (TPSA) is 63.1 Å². The van der Waals surface area contributed by atoms with Crippen molar-refractivity contribution < 1.29 is 8.42 Å². The van der Waals surface area contributed by atoms with Gasteiger partial charge in [0.1, 0.15) is 0 Å². The van der Waals surface area contributed by atoms with Crippen LogP contribution in [0, 0.1) is 5.92 Å². The van der Waals surface area contributed by atoms with Crippen molar-refractivity contribution in [2.24, 2.45) is 13.0 Å². The molecule has 0 saturated heterocycles. The molecule has 1 unspecified atom stereocenters. The van der Waals surface area contributed by atoms with Gasteiger partial charge in [0.25, 0.3) is 0 Å². The predicted molar refractivity (Wildman–Crippen MR) is 79.9 cm³/mol. The molecule has 1 atom stereocenters. The molecule has 2 rings (SSSR count). The Morgan fingerprint density at radius 1 is 1.35 bits per heavy atom. The molecule has 0 amide bonds. The zero-order valence-electron chi connectivity index (χ0n) is 12.7. The monoisotopic (exact) mass is 299 g/mol. The van der Waals surface area contributed by atoms with Crippen LogP contribution in [0.1, 0.15) is 39.3 Å². The van der Waals surface area contributed by atoms with E-state index in [4.69, 9.17) is 0 Å². The van der Waals surface area contributed by atoms with E-state index in [0.29, 0.717) is 23.4 Å². The molecule has 0 aliphatic heterocycles. The molecule has 5 nitrogen and oxygen atoms in total. The second-order valence-corrected chi connectivity index (χ2v) is 7.78. The second-order valence-electron chi connectivity index (χ2n) is 6.06. The summed E-state index contributed by atoms with van der Waals surface area (Å²) in [5.74, 6) is 0.510. The second kappa shape index (κ2) is 5.87. The molecule has 1 aliphatic carbocycles. The van der Waals surface area contributed by atoms with Gasteiger partial charge in [-0.3, -0.25) is 0 Å². The number of sulfonamides is 1. The summed E-state index contributed by atoms with van der Waals surface area (Å²) < 4.78 is 29.3. The van der Waals surface area contributed by atoms with E-state index in [-0.39, 0.29) is 6.04 Å². The highest BCUT2D eigenvalue weighted by atomic mass is 32.2. The summed E-state index contributed by atoms with van der Waals surface area (Å²) in [6, 6.07) is 2.15. The number of aryl methyl sites for hydroxylation is 1. The highest BCUT2D eigenvalue weighted by Crippen LogP contribution is 2.33. The minimum Gasteiger partial charge on any atom is -0.352 e. The highest BCUT2D eigenvalue weighted by Gasteiger charge is 2.31. The van der Waals surface area contributed by atoms with Gasteiger partial charge in [0.15, 0.2) is 0 Å². The van der Waals surface area contributed by atoms with Gasteiger partial charge in [-0.05, 0) is 31.7 Å². The largest absolute Gasteiger partial charge is 0.352 e. The molecule has 0 spiro atoms. The minimum absolute atomic E-state index is 0.0254. The van der Waals surface area contributed by atoms with Gasteiger partial charge in [-0.2, -0.15) is 0 Å². The molecule has 1 heterocycles. The molecular weight excluding hydrogens is 274 g/mol. The van der Waals surface area contributed by atoms with E-state index >= 15 is 0 Å². The Balaban J connectivity index is 2.09. The van der Waals surface area contributed by atoms with E-state index in [0.717, 1.165) is 18.5 Å². The Kier molecular flexibility index (Phi) is 4.56. The third kappa shape index (κ3) is 3.84. The molecule has 1 aliphatic rings. The van der Waals surface area contributed by atoms with E-state index in [2.05, 4.69) is 23.9 Å². The maximum atomic E-state index is 12.3. The fourth-order valence-corrected chi connectivity index (χ4v) is 3.62. The number of aromatic nitrogens is 1. The van der Waals surface area contributed by atoms with Crippen molar-refractivity contribution in [3.8, 4) is 0 Å². The lowest BCUT2D eigenvalue weighted by molar-refractivity contribution is 0.538. The van der Waals surface area contributed by atoms with E-state index in [1.54, 1.807) is 12.3 Å². The lowest BCUT2D eigenvalue weighted by atomic mass is 10.2. The summed E-state index contributed by atoms with van der Waals surface area (Å²) >= 11 is 0. The summed E-state index contributed by atoms with van der Waals surface area (Å²) in [6.45, 7) is 6.75. The number of rotatable bonds is 7. The van der Waals surface area contributed by atoms with Crippen LogP contribution in [0.25, 0.3) is 0 Å². The number of hydrogen-bond donors (Lipinski definition) is 2. The van der Waals surface area contributed by atoms with Crippen LogP contribution in [0.2, 0.25) is 0 Å². The summed E-state index contributed by atoms with van der Waals surface area (Å²) in [4.78, 5) is 0.355. The molecule has 1 aromatic heterocycles. The summed E-state index contributed by atoms with van der Waals surface area (Å²) in [5.41, 5.74) is 0.971. The van der Waals surface area contributed by atoms with Crippen LogP contribution in [0.15, 0.2) is 17.2 Å². The van der Waals surface area contributed by atoms with Crippen molar-refractivity contribution in [1.29, 1.82) is 0 Å². The fourth-order valence-electron chi connectivity index (χ4n) is 2.21. The van der Waals surface area contributed by atoms with Crippen molar-refractivity contribution in [1.82, 2.24) is 14.6 Å². The summed E-state index contributed by atoms with van der Waals surface area (Å²) in [6.07, 6.45) is 3.93. The molecular formula is C14H25N3O2S. The summed E-state index contributed by atoms with van der Waals surface area (Å²) in [5, 5.41) is 3.30. The molecule has 0 bridgehead atoms. The van der Waals surface area contributed by atoms with Gasteiger partial charge >= 0.3 is 0 Å². The first kappa shape index (κ1) is 15.5. The first-order valence-corrected chi connectivity index (χ1v) is 8.69. The first-order chi connectivity index (χ1) is 9.29. The average Bonchev–Trinajstić information content (AvgIpc) is 3.10. The molecule has 114 valence electrons. The van der Waals surface area contributed by atoms with E-state index in [1.165, 1.54) is 0 Å². The van der Waals surface area contributed by atoms with E-state index in [9.17, 15) is 8.42 Å². The van der Waals surface area contributed by atoms with Crippen molar-refractivity contribution in [3.63, 3.8) is 0 Å². The molecule has 0 aromatic carbocycles. The molecule has 1 fully saturated rings. The lowest BCUT2D eigenvalue weighted by Crippen LogP contribution is -2.33. The normalized spacial score (nSPS) is 17.6. The average molecular weight is 299 g/mol. The minimum atomic E-state index is -3.40. The van der Waals surface area contributed by atoms with Gasteiger partial charge in [-0.15, -0.1) is 0 Å². The van der Waals surface area contributed by atoms with Crippen LogP contribution in [0.4, 0.5) is 0 Å². The maximum Gasteiger partial charge on any atom is 0.242 e. The van der Waals surface area contributed by atoms with Gasteiger partial charge in [0.05, 0.1) is 4.90 Å². The van der Waals surface area contributed by atoms with Crippen LogP contribution in [-0.2, 0) is 23.6 Å². The smallest absolute Gasteiger partial charge is 0.242 e. The van der Waals surface area contributed by atoms with Crippen molar-refractivity contribution in [2.45, 2.75) is 57.1 Å². The molecule has 1 saturated carbocycles. The Hall–Kier alpha value is -0.850. The van der Waals surface area contributed by atoms with Gasteiger partial charge in [0, 0.05) is 37.6 Å². The van der Waals surface area contributed by atoms with Crippen molar-refractivity contribution >= 4 is 10.0 Å². The Morgan fingerprint density at radius 3 is 2.55 bits per heavy atom. The van der Waals surface area contributed by atoms with Gasteiger partial charge in [-0.25, -0.2) is 13.1 Å². The highest BCUT2D eigenvalue weighted by molar-refractivity contribution is 7.89. The van der Waals surface area contributed by atoms with Crippen LogP contribution in [-0.4, -0.2) is 25.1 Å². The molecule has 2 N–H and O–H groups in total. The number of nitrogens with one attached hydrogen (secondary N) is 2. The Morgan fingerprint density at radius 2 is 2.00 bits per heavy atom. The lowest BCUT2D eigenvalue weighted by Gasteiger charge is -2.11. The van der Waals surface area contributed by atoms with Crippen LogP contribution in [0.5, 0.6) is 0 Å². The summed E-state index contributed by atoms with van der Waals surface area (Å²) in [7, 11) is -1.53. The van der Waals surface area contributed by atoms with Crippen molar-refractivity contribution in [3.05, 3.63) is 18.0 Å². The van der Waals surface area contributed by atoms with Crippen LogP contribution in [0.3, 0.4) is 0 Å². The zero-order chi connectivity index (χ0) is 14.9. The Bertz CT molecular complexity index is 559. The Labute approximate surface area is 121 Å². The first-order valence-electron chi connectivity index (χ1n) is 7.20. The van der Waals surface area contributed by atoms with Crippen molar-refractivity contribution in [2.75, 3.05) is 0 Å². The van der Waals surface area contributed by atoms with Gasteiger partial charge in [-0.1, -0.05) is 13.8 Å². The third-order valence-electron chi connectivity index (χ3n) is 3.75. The van der Waals surface area contributed by atoms with Gasteiger partial charge in [0.2, 0.25) is 10.0 Å². The number of nitrogens with zero attached hydrogens (tertiary/aromatic N) is 1. The standard InChI is InChI=1S/C14H25N3O2S/c1-10(2)15-8-13-7-14(9-17(13)4)20(18,19)16-11(3)12-5-6-12/h7,9-12,15-16H,5-6,8H2,1-4H3. The fraction of sp³-hybridized carbons (Fsp3) is 0.714. The number of hydrogen-bond acceptors (Lipinski definition) is 3. The SMILES string of the molecule is CC(C)NCc1cc(S(=O)(=O)NC(C)C2CC2)cn1C. The van der Waals surface area contributed by atoms with E-state index in [1.807, 2.05) is 18.5 Å². The predicted octanol–water partition coefficient (Wildman–Crippen LogP) is 1.60. The van der Waals surface area contributed by atoms with E-state index < -0.39 is 10.0 Å². The quantitative estimate of drug-likeness (QED) is 0.804. The van der Waals surface area contributed by atoms with Crippen LogP contribution >= 0.6 is 0 Å². The molecule has 6 heteroatoms.